The summed E-state index contributed by atoms with van der Waals surface area (Å²) in [5.74, 6) is 0.495. The SMILES string of the molecule is C=CCOc1ccc(C(=O)NNC(=O)COc2cccc(C)c2)cc1OC. The van der Waals surface area contributed by atoms with Gasteiger partial charge in [0, 0.05) is 5.56 Å². The molecular formula is C20H22N2O5. The lowest BCUT2D eigenvalue weighted by molar-refractivity contribution is -0.123. The minimum Gasteiger partial charge on any atom is -0.493 e. The summed E-state index contributed by atoms with van der Waals surface area (Å²) in [7, 11) is 1.47. The van der Waals surface area contributed by atoms with Crippen LogP contribution in [0.5, 0.6) is 17.2 Å². The van der Waals surface area contributed by atoms with E-state index in [-0.39, 0.29) is 6.61 Å². The van der Waals surface area contributed by atoms with Crippen LogP contribution in [-0.4, -0.2) is 32.1 Å². The number of nitrogens with one attached hydrogen (secondary N) is 2. The number of aryl methyl sites for hydroxylation is 1. The van der Waals surface area contributed by atoms with E-state index in [1.807, 2.05) is 25.1 Å². The molecule has 0 saturated heterocycles. The average molecular weight is 370 g/mol. The van der Waals surface area contributed by atoms with Crippen LogP contribution < -0.4 is 25.1 Å². The van der Waals surface area contributed by atoms with Crippen LogP contribution in [0.3, 0.4) is 0 Å². The summed E-state index contributed by atoms with van der Waals surface area (Å²) >= 11 is 0. The summed E-state index contributed by atoms with van der Waals surface area (Å²) in [6, 6.07) is 12.0. The average Bonchev–Trinajstić information content (AvgIpc) is 2.68. The zero-order chi connectivity index (χ0) is 19.6. The van der Waals surface area contributed by atoms with Gasteiger partial charge in [-0.15, -0.1) is 0 Å². The quantitative estimate of drug-likeness (QED) is 0.551. The summed E-state index contributed by atoms with van der Waals surface area (Å²) in [6.45, 7) is 5.60. The van der Waals surface area contributed by atoms with Crippen molar-refractivity contribution in [3.63, 3.8) is 0 Å². The minimum atomic E-state index is -0.493. The molecule has 0 aliphatic carbocycles. The fourth-order valence-corrected chi connectivity index (χ4v) is 2.17. The van der Waals surface area contributed by atoms with Crippen molar-refractivity contribution >= 4 is 11.8 Å². The van der Waals surface area contributed by atoms with Gasteiger partial charge in [-0.25, -0.2) is 0 Å². The number of hydrogen-bond donors (Lipinski definition) is 2. The van der Waals surface area contributed by atoms with E-state index in [9.17, 15) is 9.59 Å². The number of ether oxygens (including phenoxy) is 3. The molecule has 0 aromatic heterocycles. The highest BCUT2D eigenvalue weighted by molar-refractivity contribution is 5.96. The van der Waals surface area contributed by atoms with Crippen molar-refractivity contribution in [1.29, 1.82) is 0 Å². The van der Waals surface area contributed by atoms with Gasteiger partial charge < -0.3 is 14.2 Å². The third-order valence-electron chi connectivity index (χ3n) is 3.46. The van der Waals surface area contributed by atoms with Crippen molar-refractivity contribution < 1.29 is 23.8 Å². The van der Waals surface area contributed by atoms with Gasteiger partial charge in [0.15, 0.2) is 18.1 Å². The molecule has 2 aromatic carbocycles. The van der Waals surface area contributed by atoms with Crippen LogP contribution in [0.25, 0.3) is 0 Å². The van der Waals surface area contributed by atoms with Crippen LogP contribution in [0.4, 0.5) is 0 Å². The first kappa shape index (κ1) is 19.8. The van der Waals surface area contributed by atoms with Gasteiger partial charge in [-0.2, -0.15) is 0 Å². The van der Waals surface area contributed by atoms with E-state index in [0.717, 1.165) is 5.56 Å². The lowest BCUT2D eigenvalue weighted by Gasteiger charge is -2.12. The molecule has 142 valence electrons. The molecule has 0 aliphatic rings. The van der Waals surface area contributed by atoms with Crippen LogP contribution in [0, 0.1) is 6.92 Å². The number of carbonyl (C=O) groups excluding carboxylic acids is 2. The lowest BCUT2D eigenvalue weighted by atomic mass is 10.2. The van der Waals surface area contributed by atoms with E-state index in [2.05, 4.69) is 17.4 Å². The first-order valence-corrected chi connectivity index (χ1v) is 8.24. The first-order valence-electron chi connectivity index (χ1n) is 8.24. The summed E-state index contributed by atoms with van der Waals surface area (Å²) < 4.78 is 16.0. The number of amides is 2. The van der Waals surface area contributed by atoms with Crippen LogP contribution in [0.15, 0.2) is 55.1 Å². The van der Waals surface area contributed by atoms with Gasteiger partial charge in [0.2, 0.25) is 0 Å². The van der Waals surface area contributed by atoms with E-state index < -0.39 is 11.8 Å². The van der Waals surface area contributed by atoms with Crippen LogP contribution in [-0.2, 0) is 4.79 Å². The first-order chi connectivity index (χ1) is 13.0. The molecule has 7 nitrogen and oxygen atoms in total. The van der Waals surface area contributed by atoms with Gasteiger partial charge in [-0.1, -0.05) is 24.8 Å². The van der Waals surface area contributed by atoms with Crippen molar-refractivity contribution in [2.45, 2.75) is 6.92 Å². The smallest absolute Gasteiger partial charge is 0.276 e. The normalized spacial score (nSPS) is 9.85. The topological polar surface area (TPSA) is 85.9 Å². The Bertz CT molecular complexity index is 820. The zero-order valence-electron chi connectivity index (χ0n) is 15.3. The fraction of sp³-hybridized carbons (Fsp3) is 0.200. The predicted molar refractivity (Wildman–Crippen MR) is 101 cm³/mol. The van der Waals surface area contributed by atoms with E-state index in [1.54, 1.807) is 24.3 Å². The zero-order valence-corrected chi connectivity index (χ0v) is 15.3. The lowest BCUT2D eigenvalue weighted by Crippen LogP contribution is -2.43. The molecule has 0 heterocycles. The van der Waals surface area contributed by atoms with Gasteiger partial charge >= 0.3 is 0 Å². The third-order valence-corrected chi connectivity index (χ3v) is 3.46. The van der Waals surface area contributed by atoms with E-state index in [4.69, 9.17) is 14.2 Å². The Morgan fingerprint density at radius 2 is 1.89 bits per heavy atom. The Labute approximate surface area is 157 Å². The number of hydrogen-bond acceptors (Lipinski definition) is 5. The van der Waals surface area contributed by atoms with Crippen molar-refractivity contribution in [2.24, 2.45) is 0 Å². The van der Waals surface area contributed by atoms with Crippen molar-refractivity contribution in [3.05, 3.63) is 66.2 Å². The number of benzene rings is 2. The molecule has 0 bridgehead atoms. The number of methoxy groups -OCH3 is 1. The summed E-state index contributed by atoms with van der Waals surface area (Å²) in [5, 5.41) is 0. The molecule has 0 radical (unpaired) electrons. The Morgan fingerprint density at radius 3 is 2.59 bits per heavy atom. The number of hydrazine groups is 1. The minimum absolute atomic E-state index is 0.221. The highest BCUT2D eigenvalue weighted by atomic mass is 16.5. The molecule has 2 amide bonds. The van der Waals surface area contributed by atoms with Gasteiger partial charge in [0.1, 0.15) is 12.4 Å². The van der Waals surface area contributed by atoms with Crippen molar-refractivity contribution in [2.75, 3.05) is 20.3 Å². The molecule has 0 saturated carbocycles. The second-order valence-corrected chi connectivity index (χ2v) is 5.57. The van der Waals surface area contributed by atoms with Gasteiger partial charge in [0.05, 0.1) is 7.11 Å². The molecule has 0 unspecified atom stereocenters. The molecule has 2 aromatic rings. The van der Waals surface area contributed by atoms with Gasteiger partial charge in [-0.05, 0) is 42.8 Å². The summed E-state index contributed by atoms with van der Waals surface area (Å²) in [6.07, 6.45) is 1.61. The molecule has 2 N–H and O–H groups in total. The summed E-state index contributed by atoms with van der Waals surface area (Å²) in [4.78, 5) is 24.0. The van der Waals surface area contributed by atoms with E-state index >= 15 is 0 Å². The highest BCUT2D eigenvalue weighted by Crippen LogP contribution is 2.28. The van der Waals surface area contributed by atoms with Gasteiger partial charge in [-0.3, -0.25) is 20.4 Å². The molecule has 27 heavy (non-hydrogen) atoms. The standard InChI is InChI=1S/C20H22N2O5/c1-4-10-26-17-9-8-15(12-18(17)25-3)20(24)22-21-19(23)13-27-16-7-5-6-14(2)11-16/h4-9,11-12H,1,10,13H2,2-3H3,(H,21,23)(H,22,24). The van der Waals surface area contributed by atoms with Crippen LogP contribution in [0.1, 0.15) is 15.9 Å². The third kappa shape index (κ3) is 6.07. The number of carbonyl (C=O) groups is 2. The van der Waals surface area contributed by atoms with E-state index in [0.29, 0.717) is 29.4 Å². The highest BCUT2D eigenvalue weighted by Gasteiger charge is 2.12. The Morgan fingerprint density at radius 1 is 1.07 bits per heavy atom. The molecule has 0 aliphatic heterocycles. The second kappa shape index (κ2) is 9.86. The largest absolute Gasteiger partial charge is 0.493 e. The van der Waals surface area contributed by atoms with Crippen LogP contribution in [0.2, 0.25) is 0 Å². The maximum atomic E-state index is 12.2. The molecule has 0 spiro atoms. The maximum Gasteiger partial charge on any atom is 0.276 e. The predicted octanol–water partition coefficient (Wildman–Crippen LogP) is 2.41. The summed E-state index contributed by atoms with van der Waals surface area (Å²) in [5.41, 5.74) is 5.96. The molecule has 0 atom stereocenters. The van der Waals surface area contributed by atoms with E-state index in [1.165, 1.54) is 13.2 Å². The molecule has 2 rings (SSSR count). The van der Waals surface area contributed by atoms with Crippen molar-refractivity contribution in [1.82, 2.24) is 10.9 Å². The Hall–Kier alpha value is -3.48. The monoisotopic (exact) mass is 370 g/mol. The van der Waals surface area contributed by atoms with Gasteiger partial charge in [0.25, 0.3) is 11.8 Å². The van der Waals surface area contributed by atoms with Crippen LogP contribution >= 0.6 is 0 Å². The maximum absolute atomic E-state index is 12.2. The second-order valence-electron chi connectivity index (χ2n) is 5.57. The Kier molecular flexibility index (Phi) is 7.25. The Balaban J connectivity index is 1.87. The molecule has 0 fully saturated rings. The molecular weight excluding hydrogens is 348 g/mol. The number of rotatable bonds is 8. The molecule has 7 heteroatoms. The van der Waals surface area contributed by atoms with Crippen molar-refractivity contribution in [3.8, 4) is 17.2 Å². The fourth-order valence-electron chi connectivity index (χ4n) is 2.17.